The lowest BCUT2D eigenvalue weighted by molar-refractivity contribution is 0.292. The van der Waals surface area contributed by atoms with Gasteiger partial charge in [-0.2, -0.15) is 0 Å². The lowest BCUT2D eigenvalue weighted by atomic mass is 10.1. The van der Waals surface area contributed by atoms with Gasteiger partial charge in [0.1, 0.15) is 18.0 Å². The lowest BCUT2D eigenvalue weighted by Gasteiger charge is -2.13. The monoisotopic (exact) mass is 414 g/mol. The maximum Gasteiger partial charge on any atom is 0.235 e. The second kappa shape index (κ2) is 7.66. The van der Waals surface area contributed by atoms with Gasteiger partial charge in [-0.3, -0.25) is 4.79 Å². The van der Waals surface area contributed by atoms with Gasteiger partial charge in [-0.25, -0.2) is 4.39 Å². The van der Waals surface area contributed by atoms with Crippen molar-refractivity contribution >= 4 is 34.2 Å². The van der Waals surface area contributed by atoms with Crippen molar-refractivity contribution in [3.63, 3.8) is 0 Å². The molecule has 0 aliphatic carbocycles. The van der Waals surface area contributed by atoms with Gasteiger partial charge in [-0.15, -0.1) is 0 Å². The molecule has 0 saturated carbocycles. The van der Waals surface area contributed by atoms with E-state index >= 15 is 0 Å². The van der Waals surface area contributed by atoms with Crippen molar-refractivity contribution in [2.75, 3.05) is 0 Å². The van der Waals surface area contributed by atoms with Crippen molar-refractivity contribution in [1.29, 1.82) is 0 Å². The summed E-state index contributed by atoms with van der Waals surface area (Å²) in [7, 11) is 0. The van der Waals surface area contributed by atoms with Crippen molar-refractivity contribution in [3.05, 3.63) is 98.4 Å². The van der Waals surface area contributed by atoms with E-state index in [0.717, 1.165) is 0 Å². The lowest BCUT2D eigenvalue weighted by Crippen LogP contribution is -2.11. The fourth-order valence-electron chi connectivity index (χ4n) is 2.86. The molecule has 0 amide bonds. The van der Waals surface area contributed by atoms with Crippen LogP contribution in [0, 0.1) is 5.82 Å². The van der Waals surface area contributed by atoms with E-state index in [4.69, 9.17) is 32.4 Å². The maximum absolute atomic E-state index is 14.1. The topological polar surface area (TPSA) is 39.4 Å². The van der Waals surface area contributed by atoms with Crippen molar-refractivity contribution in [1.82, 2.24) is 0 Å². The summed E-state index contributed by atoms with van der Waals surface area (Å²) in [5.74, 6) is -0.279. The van der Waals surface area contributed by atoms with Gasteiger partial charge in [0.15, 0.2) is 5.76 Å². The van der Waals surface area contributed by atoms with Gasteiger partial charge < -0.3 is 9.15 Å². The summed E-state index contributed by atoms with van der Waals surface area (Å²) in [6.07, 6.45) is 0. The van der Waals surface area contributed by atoms with Crippen molar-refractivity contribution < 1.29 is 13.5 Å². The molecule has 0 aliphatic heterocycles. The number of fused-ring (bicyclic) bond motifs is 1. The normalized spacial score (nSPS) is 11.0. The first-order valence-electron chi connectivity index (χ1n) is 8.42. The van der Waals surface area contributed by atoms with Crippen LogP contribution in [0.3, 0.4) is 0 Å². The highest BCUT2D eigenvalue weighted by atomic mass is 35.5. The Bertz CT molecular complexity index is 1200. The highest BCUT2D eigenvalue weighted by molar-refractivity contribution is 6.31. The minimum atomic E-state index is -0.509. The van der Waals surface area contributed by atoms with E-state index < -0.39 is 5.82 Å². The van der Waals surface area contributed by atoms with Gasteiger partial charge in [-0.05, 0) is 48.5 Å². The minimum Gasteiger partial charge on any atom is -0.481 e. The maximum atomic E-state index is 14.1. The predicted octanol–water partition coefficient (Wildman–Crippen LogP) is 6.48. The van der Waals surface area contributed by atoms with Gasteiger partial charge >= 0.3 is 0 Å². The van der Waals surface area contributed by atoms with Crippen molar-refractivity contribution in [3.8, 4) is 17.1 Å². The molecule has 0 atom stereocenters. The molecule has 28 heavy (non-hydrogen) atoms. The fraction of sp³-hybridized carbons (Fsp3) is 0.0455. The van der Waals surface area contributed by atoms with Crippen molar-refractivity contribution in [2.45, 2.75) is 6.61 Å². The Morgan fingerprint density at radius 3 is 2.43 bits per heavy atom. The quantitative estimate of drug-likeness (QED) is 0.383. The number of halogens is 3. The van der Waals surface area contributed by atoms with E-state index in [-0.39, 0.29) is 34.1 Å². The average Bonchev–Trinajstić information content (AvgIpc) is 2.69. The summed E-state index contributed by atoms with van der Waals surface area (Å²) in [5, 5.41) is 1.14. The summed E-state index contributed by atoms with van der Waals surface area (Å²) in [6, 6.07) is 18.0. The Kier molecular flexibility index (Phi) is 5.07. The molecule has 4 rings (SSSR count). The molecule has 0 unspecified atom stereocenters. The zero-order valence-electron chi connectivity index (χ0n) is 14.4. The molecule has 4 aromatic rings. The third-order valence-electron chi connectivity index (χ3n) is 4.29. The van der Waals surface area contributed by atoms with Crippen LogP contribution >= 0.6 is 23.2 Å². The zero-order chi connectivity index (χ0) is 19.7. The molecule has 6 heteroatoms. The fourth-order valence-corrected chi connectivity index (χ4v) is 3.21. The summed E-state index contributed by atoms with van der Waals surface area (Å²) < 4.78 is 25.8. The van der Waals surface area contributed by atoms with E-state index in [1.807, 2.05) is 0 Å². The Morgan fingerprint density at radius 2 is 1.68 bits per heavy atom. The number of hydrogen-bond acceptors (Lipinski definition) is 3. The van der Waals surface area contributed by atoms with Crippen molar-refractivity contribution in [2.24, 2.45) is 0 Å². The van der Waals surface area contributed by atoms with E-state index in [9.17, 15) is 9.18 Å². The van der Waals surface area contributed by atoms with Crippen LogP contribution in [0.25, 0.3) is 22.3 Å². The van der Waals surface area contributed by atoms with E-state index in [0.29, 0.717) is 21.6 Å². The Balaban J connectivity index is 1.85. The second-order valence-corrected chi connectivity index (χ2v) is 6.93. The van der Waals surface area contributed by atoms with Crippen LogP contribution < -0.4 is 10.2 Å². The minimum absolute atomic E-state index is 0.0136. The molecule has 0 spiro atoms. The number of rotatable bonds is 4. The number of hydrogen-bond donors (Lipinski definition) is 0. The first-order chi connectivity index (χ1) is 13.5. The molecular weight excluding hydrogens is 402 g/mol. The Hall–Kier alpha value is -2.82. The smallest absolute Gasteiger partial charge is 0.235 e. The Labute approximate surface area is 169 Å². The molecule has 0 N–H and O–H groups in total. The number of para-hydroxylation sites is 1. The summed E-state index contributed by atoms with van der Waals surface area (Å²) in [5.41, 5.74) is 0.855. The Morgan fingerprint density at radius 1 is 0.929 bits per heavy atom. The molecule has 0 saturated heterocycles. The first kappa shape index (κ1) is 18.5. The number of ether oxygens (including phenoxy) is 1. The van der Waals surface area contributed by atoms with Crippen LogP contribution in [-0.2, 0) is 6.61 Å². The van der Waals surface area contributed by atoms with Crippen LogP contribution in [-0.4, -0.2) is 0 Å². The molecular formula is C22H13Cl2FO3. The molecule has 0 aliphatic rings. The molecule has 0 fully saturated rings. The van der Waals surface area contributed by atoms with E-state index in [1.54, 1.807) is 54.6 Å². The number of benzene rings is 3. The van der Waals surface area contributed by atoms with Crippen LogP contribution in [0.2, 0.25) is 10.0 Å². The van der Waals surface area contributed by atoms with Gasteiger partial charge in [0.25, 0.3) is 0 Å². The average molecular weight is 415 g/mol. The zero-order valence-corrected chi connectivity index (χ0v) is 15.9. The van der Waals surface area contributed by atoms with Crippen LogP contribution in [0.1, 0.15) is 5.56 Å². The summed E-state index contributed by atoms with van der Waals surface area (Å²) in [4.78, 5) is 13.0. The van der Waals surface area contributed by atoms with Crippen LogP contribution in [0.15, 0.2) is 75.9 Å². The highest BCUT2D eigenvalue weighted by Gasteiger charge is 2.19. The molecule has 3 nitrogen and oxygen atoms in total. The largest absolute Gasteiger partial charge is 0.481 e. The SMILES string of the molecule is O=c1c(OCc2c(F)cccc2Cl)c(-c2ccc(Cl)cc2)oc2ccccc12. The molecule has 0 radical (unpaired) electrons. The molecule has 3 aromatic carbocycles. The van der Waals surface area contributed by atoms with E-state index in [1.165, 1.54) is 12.1 Å². The molecule has 0 bridgehead atoms. The van der Waals surface area contributed by atoms with Gasteiger partial charge in [0.05, 0.1) is 10.4 Å². The van der Waals surface area contributed by atoms with Gasteiger partial charge in [-0.1, -0.05) is 41.4 Å². The third-order valence-corrected chi connectivity index (χ3v) is 4.89. The highest BCUT2D eigenvalue weighted by Crippen LogP contribution is 2.32. The summed E-state index contributed by atoms with van der Waals surface area (Å²) >= 11 is 12.0. The second-order valence-electron chi connectivity index (χ2n) is 6.08. The molecule has 1 heterocycles. The van der Waals surface area contributed by atoms with Gasteiger partial charge in [0, 0.05) is 16.1 Å². The third kappa shape index (κ3) is 3.49. The summed E-state index contributed by atoms with van der Waals surface area (Å²) in [6.45, 7) is -0.213. The standard InChI is InChI=1S/C22H13Cl2FO3/c23-14-10-8-13(9-11-14)21-22(20(26)15-4-1-2-7-19(15)28-21)27-12-16-17(24)5-3-6-18(16)25/h1-11H,12H2. The van der Waals surface area contributed by atoms with Crippen LogP contribution in [0.5, 0.6) is 5.75 Å². The predicted molar refractivity (Wildman–Crippen MR) is 109 cm³/mol. The van der Waals surface area contributed by atoms with E-state index in [2.05, 4.69) is 0 Å². The van der Waals surface area contributed by atoms with Gasteiger partial charge in [0.2, 0.25) is 11.2 Å². The first-order valence-corrected chi connectivity index (χ1v) is 9.17. The molecule has 140 valence electrons. The molecule has 1 aromatic heterocycles. The van der Waals surface area contributed by atoms with Crippen LogP contribution in [0.4, 0.5) is 4.39 Å².